The molecule has 0 unspecified atom stereocenters. The van der Waals surface area contributed by atoms with Crippen molar-refractivity contribution in [3.05, 3.63) is 47.3 Å². The van der Waals surface area contributed by atoms with E-state index in [1.54, 1.807) is 21.9 Å². The number of piperidine rings is 1. The number of nitrogens with one attached hydrogen (secondary N) is 2. The zero-order chi connectivity index (χ0) is 27.5. The van der Waals surface area contributed by atoms with Crippen LogP contribution in [-0.4, -0.2) is 63.2 Å². The molecular weight excluding hydrogens is 496 g/mol. The summed E-state index contributed by atoms with van der Waals surface area (Å²) in [6.45, 7) is 7.00. The highest BCUT2D eigenvalue weighted by Crippen LogP contribution is 2.31. The molecule has 206 valence electrons. The second kappa shape index (κ2) is 11.3. The van der Waals surface area contributed by atoms with Gasteiger partial charge in [0.15, 0.2) is 5.65 Å². The third-order valence-corrected chi connectivity index (χ3v) is 7.70. The predicted octanol–water partition coefficient (Wildman–Crippen LogP) is 3.03. The Morgan fingerprint density at radius 2 is 1.85 bits per heavy atom. The maximum atomic E-state index is 13.1. The maximum absolute atomic E-state index is 13.1. The zero-order valence-corrected chi connectivity index (χ0v) is 22.6. The van der Waals surface area contributed by atoms with Crippen LogP contribution >= 0.6 is 0 Å². The lowest BCUT2D eigenvalue weighted by molar-refractivity contribution is -0.117. The molecule has 0 radical (unpaired) electrons. The summed E-state index contributed by atoms with van der Waals surface area (Å²) in [5.74, 6) is -0.0738. The molecule has 11 nitrogen and oxygen atoms in total. The van der Waals surface area contributed by atoms with Crippen LogP contribution in [0.15, 0.2) is 30.5 Å². The largest absolute Gasteiger partial charge is 0.381 e. The van der Waals surface area contributed by atoms with E-state index >= 15 is 0 Å². The molecule has 4 N–H and O–H groups in total. The molecule has 4 amide bonds. The Kier molecular flexibility index (Phi) is 7.67. The molecule has 0 aliphatic carbocycles. The molecule has 39 heavy (non-hydrogen) atoms. The lowest BCUT2D eigenvalue weighted by Gasteiger charge is -2.32. The number of aromatic nitrogens is 3. The van der Waals surface area contributed by atoms with E-state index in [-0.39, 0.29) is 23.9 Å². The summed E-state index contributed by atoms with van der Waals surface area (Å²) in [6, 6.07) is 6.93. The quantitative estimate of drug-likeness (QED) is 0.408. The number of benzene rings is 1. The lowest BCUT2D eigenvalue weighted by Crippen LogP contribution is -2.44. The molecule has 2 saturated heterocycles. The molecule has 3 aromatic rings. The third-order valence-electron chi connectivity index (χ3n) is 7.70. The number of likely N-dealkylation sites (tertiary alicyclic amines) is 1. The number of pyridine rings is 1. The van der Waals surface area contributed by atoms with Gasteiger partial charge in [0.1, 0.15) is 0 Å². The number of urea groups is 1. The van der Waals surface area contributed by atoms with Crippen LogP contribution in [0.25, 0.3) is 11.0 Å². The van der Waals surface area contributed by atoms with E-state index in [1.807, 2.05) is 29.9 Å². The number of nitrogens with zero attached hydrogens (tertiary/aromatic N) is 5. The van der Waals surface area contributed by atoms with Crippen LogP contribution in [0.5, 0.6) is 0 Å². The van der Waals surface area contributed by atoms with Crippen LogP contribution in [-0.2, 0) is 24.3 Å². The van der Waals surface area contributed by atoms with Crippen molar-refractivity contribution in [3.8, 4) is 0 Å². The van der Waals surface area contributed by atoms with Crippen LogP contribution in [0.3, 0.4) is 0 Å². The Balaban J connectivity index is 1.38. The molecule has 2 aliphatic heterocycles. The molecular formula is C28H36N8O3. The van der Waals surface area contributed by atoms with Gasteiger partial charge in [-0.3, -0.25) is 9.59 Å². The van der Waals surface area contributed by atoms with E-state index in [1.165, 1.54) is 0 Å². The molecule has 1 aromatic carbocycles. The zero-order valence-electron chi connectivity index (χ0n) is 22.6. The van der Waals surface area contributed by atoms with E-state index in [9.17, 15) is 14.4 Å². The second-order valence-corrected chi connectivity index (χ2v) is 10.1. The first-order valence-electron chi connectivity index (χ1n) is 13.8. The van der Waals surface area contributed by atoms with E-state index in [2.05, 4.69) is 22.7 Å². The first-order chi connectivity index (χ1) is 18.9. The fourth-order valence-corrected chi connectivity index (χ4v) is 5.49. The fourth-order valence-electron chi connectivity index (χ4n) is 5.49. The normalized spacial score (nSPS) is 16.2. The topological polar surface area (TPSA) is 138 Å². The molecule has 0 bridgehead atoms. The predicted molar refractivity (Wildman–Crippen MR) is 150 cm³/mol. The highest BCUT2D eigenvalue weighted by Gasteiger charge is 2.25. The van der Waals surface area contributed by atoms with Gasteiger partial charge in [0.25, 0.3) is 5.91 Å². The standard InChI is InChI=1S/C28H36N8O3/c1-3-23-21(16-30-27(38)18-7-9-20(10-8-18)35-13-5-6-24(35)37)25(22-17-31-36(4-2)26(22)33-23)32-19-11-14-34(15-12-19)28(29)39/h7-10,17,19H,3-6,11-16H2,1-2H3,(H2,29,39)(H,30,38)(H,32,33). The van der Waals surface area contributed by atoms with Gasteiger partial charge < -0.3 is 26.2 Å². The van der Waals surface area contributed by atoms with Crippen molar-refractivity contribution < 1.29 is 14.4 Å². The number of anilines is 2. The Morgan fingerprint density at radius 1 is 1.10 bits per heavy atom. The molecule has 11 heteroatoms. The van der Waals surface area contributed by atoms with E-state index < -0.39 is 0 Å². The van der Waals surface area contributed by atoms with Crippen molar-refractivity contribution in [3.63, 3.8) is 0 Å². The van der Waals surface area contributed by atoms with E-state index in [0.717, 1.165) is 52.9 Å². The number of nitrogens with two attached hydrogens (primary N) is 1. The van der Waals surface area contributed by atoms with Gasteiger partial charge in [-0.15, -0.1) is 0 Å². The maximum Gasteiger partial charge on any atom is 0.314 e. The Morgan fingerprint density at radius 3 is 2.46 bits per heavy atom. The van der Waals surface area contributed by atoms with Gasteiger partial charge >= 0.3 is 6.03 Å². The fraction of sp³-hybridized carbons (Fsp3) is 0.464. The number of carbonyl (C=O) groups excluding carboxylic acids is 3. The average Bonchev–Trinajstić information content (AvgIpc) is 3.58. The molecule has 0 atom stereocenters. The highest BCUT2D eigenvalue weighted by molar-refractivity contribution is 5.98. The summed E-state index contributed by atoms with van der Waals surface area (Å²) in [5.41, 5.74) is 10.4. The van der Waals surface area contributed by atoms with Gasteiger partial charge in [0.05, 0.1) is 17.3 Å². The van der Waals surface area contributed by atoms with Gasteiger partial charge in [-0.2, -0.15) is 5.10 Å². The molecule has 4 heterocycles. The Labute approximate surface area is 227 Å². The minimum absolute atomic E-state index is 0.119. The van der Waals surface area contributed by atoms with Crippen LogP contribution in [0.4, 0.5) is 16.2 Å². The first-order valence-corrected chi connectivity index (χ1v) is 13.8. The van der Waals surface area contributed by atoms with E-state index in [4.69, 9.17) is 10.7 Å². The van der Waals surface area contributed by atoms with Gasteiger partial charge in [0, 0.05) is 67.7 Å². The van der Waals surface area contributed by atoms with Crippen molar-refractivity contribution in [1.29, 1.82) is 0 Å². The Bertz CT molecular complexity index is 1380. The molecule has 2 aliphatic rings. The van der Waals surface area contributed by atoms with Crippen LogP contribution in [0, 0.1) is 0 Å². The van der Waals surface area contributed by atoms with Gasteiger partial charge in [-0.1, -0.05) is 6.92 Å². The molecule has 0 spiro atoms. The third kappa shape index (κ3) is 5.39. The summed E-state index contributed by atoms with van der Waals surface area (Å²) in [4.78, 5) is 45.1. The highest BCUT2D eigenvalue weighted by atomic mass is 16.2. The number of fused-ring (bicyclic) bond motifs is 1. The van der Waals surface area contributed by atoms with Crippen molar-refractivity contribution in [2.24, 2.45) is 5.73 Å². The van der Waals surface area contributed by atoms with Gasteiger partial charge in [-0.05, 0) is 56.9 Å². The number of primary amides is 1. The number of rotatable bonds is 8. The SMILES string of the molecule is CCc1nc2c(cnn2CC)c(NC2CCN(C(N)=O)CC2)c1CNC(=O)c1ccc(N2CCCC2=O)cc1. The number of carbonyl (C=O) groups is 3. The van der Waals surface area contributed by atoms with Crippen molar-refractivity contribution >= 4 is 40.3 Å². The van der Waals surface area contributed by atoms with Crippen LogP contribution < -0.4 is 21.3 Å². The average molecular weight is 533 g/mol. The van der Waals surface area contributed by atoms with Crippen molar-refractivity contribution in [2.45, 2.75) is 65.1 Å². The summed E-state index contributed by atoms with van der Waals surface area (Å²) in [5, 5.41) is 12.2. The molecule has 2 fully saturated rings. The Hall–Kier alpha value is -4.15. The van der Waals surface area contributed by atoms with Crippen LogP contribution in [0.2, 0.25) is 0 Å². The lowest BCUT2D eigenvalue weighted by atomic mass is 10.0. The first kappa shape index (κ1) is 26.5. The monoisotopic (exact) mass is 532 g/mol. The van der Waals surface area contributed by atoms with Crippen molar-refractivity contribution in [2.75, 3.05) is 29.9 Å². The number of aryl methyl sites for hydroxylation is 2. The van der Waals surface area contributed by atoms with Gasteiger partial charge in [-0.25, -0.2) is 14.5 Å². The summed E-state index contributed by atoms with van der Waals surface area (Å²) >= 11 is 0. The van der Waals surface area contributed by atoms with Crippen molar-refractivity contribution in [1.82, 2.24) is 25.0 Å². The molecule has 0 saturated carbocycles. The molecule has 5 rings (SSSR count). The number of amides is 4. The van der Waals surface area contributed by atoms with Crippen LogP contribution in [0.1, 0.15) is 61.1 Å². The number of hydrogen-bond donors (Lipinski definition) is 3. The molecule has 2 aromatic heterocycles. The van der Waals surface area contributed by atoms with Gasteiger partial charge in [0.2, 0.25) is 5.91 Å². The summed E-state index contributed by atoms with van der Waals surface area (Å²) < 4.78 is 1.88. The minimum atomic E-state index is -0.388. The second-order valence-electron chi connectivity index (χ2n) is 10.1. The summed E-state index contributed by atoms with van der Waals surface area (Å²) in [6.07, 6.45) is 5.50. The minimum Gasteiger partial charge on any atom is -0.381 e. The summed E-state index contributed by atoms with van der Waals surface area (Å²) in [7, 11) is 0. The number of hydrogen-bond acceptors (Lipinski definition) is 6. The smallest absolute Gasteiger partial charge is 0.314 e. The van der Waals surface area contributed by atoms with E-state index in [0.29, 0.717) is 51.1 Å².